The molecule has 1 aliphatic rings. The number of hydrogen-bond acceptors (Lipinski definition) is 3. The number of hydrogen-bond donors (Lipinski definition) is 1. The third-order valence-corrected chi connectivity index (χ3v) is 3.68. The molecule has 1 N–H and O–H groups in total. The molecule has 0 bridgehead atoms. The lowest BCUT2D eigenvalue weighted by molar-refractivity contribution is -0.146. The standard InChI is InChI=1S/C15H19NO4/c1-10-4-3-5-13(11(10)2)20-9-14(17)16-7-12(8-16)6-15(18)19/h3-5,12H,6-9H2,1-2H3,(H,18,19). The Hall–Kier alpha value is -2.04. The van der Waals surface area contributed by atoms with Crippen LogP contribution in [0.1, 0.15) is 17.5 Å². The van der Waals surface area contributed by atoms with E-state index in [9.17, 15) is 9.59 Å². The molecular weight excluding hydrogens is 258 g/mol. The molecule has 2 rings (SSSR count). The molecule has 0 radical (unpaired) electrons. The van der Waals surface area contributed by atoms with Gasteiger partial charge in [0.2, 0.25) is 0 Å². The summed E-state index contributed by atoms with van der Waals surface area (Å²) in [5.74, 6) is -0.0978. The Kier molecular flexibility index (Phi) is 4.27. The molecule has 1 saturated heterocycles. The molecule has 5 nitrogen and oxygen atoms in total. The van der Waals surface area contributed by atoms with E-state index in [-0.39, 0.29) is 24.9 Å². The van der Waals surface area contributed by atoms with Gasteiger partial charge in [-0.05, 0) is 31.0 Å². The second-order valence-electron chi connectivity index (χ2n) is 5.25. The molecule has 1 aliphatic heterocycles. The van der Waals surface area contributed by atoms with Gasteiger partial charge in [0.05, 0.1) is 6.42 Å². The first-order valence-electron chi connectivity index (χ1n) is 6.66. The van der Waals surface area contributed by atoms with E-state index >= 15 is 0 Å². The Bertz CT molecular complexity index is 521. The molecule has 0 saturated carbocycles. The maximum absolute atomic E-state index is 11.9. The topological polar surface area (TPSA) is 66.8 Å². The van der Waals surface area contributed by atoms with E-state index in [1.165, 1.54) is 0 Å². The lowest BCUT2D eigenvalue weighted by Gasteiger charge is -2.38. The Morgan fingerprint density at radius 1 is 1.35 bits per heavy atom. The fourth-order valence-corrected chi connectivity index (χ4v) is 2.26. The van der Waals surface area contributed by atoms with Crippen LogP contribution in [0.3, 0.4) is 0 Å². The van der Waals surface area contributed by atoms with Gasteiger partial charge in [0.15, 0.2) is 6.61 Å². The summed E-state index contributed by atoms with van der Waals surface area (Å²) in [4.78, 5) is 24.0. The quantitative estimate of drug-likeness (QED) is 0.888. The van der Waals surface area contributed by atoms with Gasteiger partial charge in [-0.2, -0.15) is 0 Å². The summed E-state index contributed by atoms with van der Waals surface area (Å²) in [6, 6.07) is 5.74. The number of carboxylic acid groups (broad SMARTS) is 1. The van der Waals surface area contributed by atoms with E-state index in [4.69, 9.17) is 9.84 Å². The number of carbonyl (C=O) groups is 2. The van der Waals surface area contributed by atoms with Crippen LogP contribution in [0.15, 0.2) is 18.2 Å². The van der Waals surface area contributed by atoms with Crippen LogP contribution in [-0.2, 0) is 9.59 Å². The minimum absolute atomic E-state index is 0.00405. The van der Waals surface area contributed by atoms with Crippen LogP contribution in [0.2, 0.25) is 0 Å². The zero-order valence-electron chi connectivity index (χ0n) is 11.8. The van der Waals surface area contributed by atoms with Crippen molar-refractivity contribution < 1.29 is 19.4 Å². The zero-order valence-corrected chi connectivity index (χ0v) is 11.8. The molecule has 0 aromatic heterocycles. The minimum atomic E-state index is -0.811. The SMILES string of the molecule is Cc1cccc(OCC(=O)N2CC(CC(=O)O)C2)c1C. The molecular formula is C15H19NO4. The summed E-state index contributed by atoms with van der Waals surface area (Å²) in [7, 11) is 0. The Morgan fingerprint density at radius 3 is 2.70 bits per heavy atom. The number of carbonyl (C=O) groups excluding carboxylic acids is 1. The van der Waals surface area contributed by atoms with Crippen molar-refractivity contribution in [3.8, 4) is 5.75 Å². The summed E-state index contributed by atoms with van der Waals surface area (Å²) in [6.07, 6.45) is 0.127. The molecule has 108 valence electrons. The average Bonchev–Trinajstić information content (AvgIpc) is 2.34. The fraction of sp³-hybridized carbons (Fsp3) is 0.467. The molecule has 0 aliphatic carbocycles. The zero-order chi connectivity index (χ0) is 14.7. The lowest BCUT2D eigenvalue weighted by Crippen LogP contribution is -2.52. The van der Waals surface area contributed by atoms with Gasteiger partial charge in [-0.3, -0.25) is 9.59 Å². The smallest absolute Gasteiger partial charge is 0.303 e. The number of nitrogens with zero attached hydrogens (tertiary/aromatic N) is 1. The van der Waals surface area contributed by atoms with Gasteiger partial charge < -0.3 is 14.7 Å². The molecule has 0 spiro atoms. The first kappa shape index (κ1) is 14.4. The summed E-state index contributed by atoms with van der Waals surface area (Å²) in [6.45, 7) is 4.99. The molecule has 20 heavy (non-hydrogen) atoms. The van der Waals surface area contributed by atoms with Crippen molar-refractivity contribution in [2.24, 2.45) is 5.92 Å². The predicted molar refractivity (Wildman–Crippen MR) is 73.7 cm³/mol. The Morgan fingerprint density at radius 2 is 2.05 bits per heavy atom. The second kappa shape index (κ2) is 5.94. The maximum Gasteiger partial charge on any atom is 0.303 e. The molecule has 1 aromatic carbocycles. The number of benzene rings is 1. The number of likely N-dealkylation sites (tertiary alicyclic amines) is 1. The van der Waals surface area contributed by atoms with E-state index in [1.54, 1.807) is 4.90 Å². The van der Waals surface area contributed by atoms with Crippen molar-refractivity contribution in [2.75, 3.05) is 19.7 Å². The van der Waals surface area contributed by atoms with E-state index in [0.29, 0.717) is 13.1 Å². The van der Waals surface area contributed by atoms with Crippen molar-refractivity contribution in [3.05, 3.63) is 29.3 Å². The number of aliphatic carboxylic acids is 1. The average molecular weight is 277 g/mol. The molecule has 1 fully saturated rings. The van der Waals surface area contributed by atoms with Crippen molar-refractivity contribution in [3.63, 3.8) is 0 Å². The molecule has 1 aromatic rings. The van der Waals surface area contributed by atoms with Crippen molar-refractivity contribution in [2.45, 2.75) is 20.3 Å². The van der Waals surface area contributed by atoms with Crippen LogP contribution in [0.25, 0.3) is 0 Å². The monoisotopic (exact) mass is 277 g/mol. The summed E-state index contributed by atoms with van der Waals surface area (Å²) >= 11 is 0. The van der Waals surface area contributed by atoms with Gasteiger partial charge in [-0.1, -0.05) is 12.1 Å². The highest BCUT2D eigenvalue weighted by atomic mass is 16.5. The van der Waals surface area contributed by atoms with Crippen molar-refractivity contribution >= 4 is 11.9 Å². The van der Waals surface area contributed by atoms with Gasteiger partial charge in [0.1, 0.15) is 5.75 Å². The normalized spacial score (nSPS) is 14.8. The highest BCUT2D eigenvalue weighted by Gasteiger charge is 2.32. The summed E-state index contributed by atoms with van der Waals surface area (Å²) in [5, 5.41) is 8.65. The molecule has 1 amide bonds. The van der Waals surface area contributed by atoms with Crippen LogP contribution < -0.4 is 4.74 Å². The fourth-order valence-electron chi connectivity index (χ4n) is 2.26. The van der Waals surface area contributed by atoms with E-state index in [1.807, 2.05) is 32.0 Å². The van der Waals surface area contributed by atoms with Crippen molar-refractivity contribution in [1.82, 2.24) is 4.90 Å². The number of ether oxygens (including phenoxy) is 1. The Balaban J connectivity index is 1.79. The minimum Gasteiger partial charge on any atom is -0.483 e. The van der Waals surface area contributed by atoms with E-state index in [0.717, 1.165) is 16.9 Å². The highest BCUT2D eigenvalue weighted by molar-refractivity contribution is 5.79. The van der Waals surface area contributed by atoms with Gasteiger partial charge in [-0.15, -0.1) is 0 Å². The van der Waals surface area contributed by atoms with E-state index < -0.39 is 5.97 Å². The lowest BCUT2D eigenvalue weighted by atomic mass is 9.96. The van der Waals surface area contributed by atoms with Gasteiger partial charge in [-0.25, -0.2) is 0 Å². The molecule has 1 heterocycles. The van der Waals surface area contributed by atoms with Crippen LogP contribution in [0.5, 0.6) is 5.75 Å². The number of aryl methyl sites for hydroxylation is 1. The predicted octanol–water partition coefficient (Wildman–Crippen LogP) is 1.62. The number of rotatable bonds is 5. The number of amides is 1. The number of carboxylic acids is 1. The summed E-state index contributed by atoms with van der Waals surface area (Å²) in [5.41, 5.74) is 2.16. The largest absolute Gasteiger partial charge is 0.483 e. The summed E-state index contributed by atoms with van der Waals surface area (Å²) < 4.78 is 5.55. The Labute approximate surface area is 118 Å². The van der Waals surface area contributed by atoms with Crippen LogP contribution in [-0.4, -0.2) is 41.6 Å². The van der Waals surface area contributed by atoms with Crippen LogP contribution in [0.4, 0.5) is 0 Å². The van der Waals surface area contributed by atoms with Crippen LogP contribution >= 0.6 is 0 Å². The van der Waals surface area contributed by atoms with Gasteiger partial charge in [0.25, 0.3) is 5.91 Å². The van der Waals surface area contributed by atoms with Gasteiger partial charge >= 0.3 is 5.97 Å². The molecule has 5 heteroatoms. The van der Waals surface area contributed by atoms with E-state index in [2.05, 4.69) is 0 Å². The first-order chi connectivity index (χ1) is 9.47. The van der Waals surface area contributed by atoms with Gasteiger partial charge in [0, 0.05) is 19.0 Å². The first-order valence-corrected chi connectivity index (χ1v) is 6.66. The second-order valence-corrected chi connectivity index (χ2v) is 5.25. The third kappa shape index (κ3) is 3.29. The molecule has 0 unspecified atom stereocenters. The molecule has 0 atom stereocenters. The third-order valence-electron chi connectivity index (χ3n) is 3.68. The highest BCUT2D eigenvalue weighted by Crippen LogP contribution is 2.22. The maximum atomic E-state index is 11.9. The van der Waals surface area contributed by atoms with Crippen LogP contribution in [0, 0.1) is 19.8 Å². The van der Waals surface area contributed by atoms with Crippen molar-refractivity contribution in [1.29, 1.82) is 0 Å².